The van der Waals surface area contributed by atoms with Crippen LogP contribution >= 0.6 is 0 Å². The Morgan fingerprint density at radius 2 is 1.91 bits per heavy atom. The van der Waals surface area contributed by atoms with Crippen LogP contribution in [0, 0.1) is 13.8 Å². The van der Waals surface area contributed by atoms with E-state index in [-0.39, 0.29) is 11.9 Å². The van der Waals surface area contributed by atoms with E-state index in [0.717, 1.165) is 17.8 Å². The van der Waals surface area contributed by atoms with Gasteiger partial charge in [0.1, 0.15) is 0 Å². The fourth-order valence-electron chi connectivity index (χ4n) is 2.51. The Bertz CT molecular complexity index is 664. The lowest BCUT2D eigenvalue weighted by Gasteiger charge is -2.16. The fourth-order valence-corrected chi connectivity index (χ4v) is 2.51. The van der Waals surface area contributed by atoms with E-state index in [0.29, 0.717) is 0 Å². The van der Waals surface area contributed by atoms with Gasteiger partial charge in [-0.15, -0.1) is 0 Å². The summed E-state index contributed by atoms with van der Waals surface area (Å²) in [7, 11) is 0. The van der Waals surface area contributed by atoms with Crippen LogP contribution in [0.4, 0.5) is 5.69 Å². The first kappa shape index (κ1) is 16.2. The topological polar surface area (TPSA) is 41.1 Å². The molecule has 3 nitrogen and oxygen atoms in total. The minimum Gasteiger partial charge on any atom is -0.326 e. The first-order chi connectivity index (χ1) is 10.5. The van der Waals surface area contributed by atoms with Gasteiger partial charge < -0.3 is 10.6 Å². The third-order valence-corrected chi connectivity index (χ3v) is 3.80. The highest BCUT2D eigenvalue weighted by atomic mass is 16.1. The van der Waals surface area contributed by atoms with Crippen LogP contribution in [0.1, 0.15) is 42.1 Å². The molecule has 0 aliphatic heterocycles. The van der Waals surface area contributed by atoms with Crippen molar-refractivity contribution < 1.29 is 4.79 Å². The Kier molecular flexibility index (Phi) is 5.34. The third-order valence-electron chi connectivity index (χ3n) is 3.80. The van der Waals surface area contributed by atoms with Crippen LogP contribution in [0.5, 0.6) is 0 Å². The molecule has 0 aromatic heterocycles. The lowest BCUT2D eigenvalue weighted by Crippen LogP contribution is -2.19. The number of nitrogens with one attached hydrogen (secondary N) is 2. The molecule has 0 bridgehead atoms. The van der Waals surface area contributed by atoms with E-state index in [4.69, 9.17) is 0 Å². The molecule has 2 rings (SSSR count). The van der Waals surface area contributed by atoms with Crippen LogP contribution in [0.2, 0.25) is 0 Å². The lowest BCUT2D eigenvalue weighted by atomic mass is 10.0. The molecule has 0 fully saturated rings. The highest BCUT2D eigenvalue weighted by molar-refractivity contribution is 5.88. The molecule has 0 saturated carbocycles. The van der Waals surface area contributed by atoms with Gasteiger partial charge in [0.25, 0.3) is 0 Å². The van der Waals surface area contributed by atoms with E-state index in [1.165, 1.54) is 23.6 Å². The molecule has 1 atom stereocenters. The Labute approximate surface area is 132 Å². The van der Waals surface area contributed by atoms with Crippen molar-refractivity contribution in [3.05, 3.63) is 64.7 Å². The van der Waals surface area contributed by atoms with Gasteiger partial charge in [-0.25, -0.2) is 0 Å². The summed E-state index contributed by atoms with van der Waals surface area (Å²) in [6, 6.07) is 14.7. The summed E-state index contributed by atoms with van der Waals surface area (Å²) in [6.45, 7) is 8.75. The van der Waals surface area contributed by atoms with Gasteiger partial charge >= 0.3 is 0 Å². The maximum atomic E-state index is 11.1. The van der Waals surface area contributed by atoms with Crippen molar-refractivity contribution in [3.63, 3.8) is 0 Å². The van der Waals surface area contributed by atoms with Gasteiger partial charge in [-0.05, 0) is 49.6 Å². The summed E-state index contributed by atoms with van der Waals surface area (Å²) < 4.78 is 0. The quantitative estimate of drug-likeness (QED) is 0.871. The van der Waals surface area contributed by atoms with Crippen molar-refractivity contribution in [1.82, 2.24) is 5.32 Å². The normalized spacial score (nSPS) is 12.0. The van der Waals surface area contributed by atoms with Crippen molar-refractivity contribution in [2.75, 3.05) is 5.32 Å². The molecule has 2 N–H and O–H groups in total. The highest BCUT2D eigenvalue weighted by Crippen LogP contribution is 2.18. The van der Waals surface area contributed by atoms with Gasteiger partial charge in [0.05, 0.1) is 0 Å². The number of hydrogen-bond donors (Lipinski definition) is 2. The molecule has 1 amide bonds. The van der Waals surface area contributed by atoms with Crippen molar-refractivity contribution >= 4 is 11.6 Å². The molecular weight excluding hydrogens is 272 g/mol. The monoisotopic (exact) mass is 296 g/mol. The molecule has 1 unspecified atom stereocenters. The minimum absolute atomic E-state index is 0.0481. The van der Waals surface area contributed by atoms with Crippen molar-refractivity contribution in [2.24, 2.45) is 0 Å². The van der Waals surface area contributed by atoms with Gasteiger partial charge in [-0.1, -0.05) is 35.9 Å². The smallest absolute Gasteiger partial charge is 0.221 e. The van der Waals surface area contributed by atoms with Crippen molar-refractivity contribution in [3.8, 4) is 0 Å². The number of rotatable bonds is 5. The number of carbonyl (C=O) groups is 1. The SMILES string of the molecule is CC(=O)Nc1cccc(C(C)NCc2ccc(C)cc2C)c1. The standard InChI is InChI=1S/C19H24N2O/c1-13-8-9-18(14(2)10-13)12-20-15(3)17-6-5-7-19(11-17)21-16(4)22/h5-11,15,20H,12H2,1-4H3,(H,21,22). The minimum atomic E-state index is -0.0481. The number of aryl methyl sites for hydroxylation is 2. The summed E-state index contributed by atoms with van der Waals surface area (Å²) >= 11 is 0. The molecule has 3 heteroatoms. The van der Waals surface area contributed by atoms with E-state index in [1.54, 1.807) is 0 Å². The summed E-state index contributed by atoms with van der Waals surface area (Å²) in [5, 5.41) is 6.37. The summed E-state index contributed by atoms with van der Waals surface area (Å²) in [6.07, 6.45) is 0. The molecule has 0 aliphatic carbocycles. The summed E-state index contributed by atoms with van der Waals surface area (Å²) in [5.74, 6) is -0.0481. The van der Waals surface area contributed by atoms with E-state index < -0.39 is 0 Å². The predicted octanol–water partition coefficient (Wildman–Crippen LogP) is 4.11. The number of carbonyl (C=O) groups excluding carboxylic acids is 1. The Morgan fingerprint density at radius 1 is 1.14 bits per heavy atom. The zero-order valence-corrected chi connectivity index (χ0v) is 13.7. The van der Waals surface area contributed by atoms with Crippen LogP contribution in [0.25, 0.3) is 0 Å². The zero-order valence-electron chi connectivity index (χ0n) is 13.7. The molecule has 0 saturated heterocycles. The molecule has 0 spiro atoms. The lowest BCUT2D eigenvalue weighted by molar-refractivity contribution is -0.114. The van der Waals surface area contributed by atoms with Crippen molar-refractivity contribution in [1.29, 1.82) is 0 Å². The van der Waals surface area contributed by atoms with Crippen LogP contribution in [0.15, 0.2) is 42.5 Å². The Morgan fingerprint density at radius 3 is 2.59 bits per heavy atom. The molecule has 2 aromatic carbocycles. The van der Waals surface area contributed by atoms with Gasteiger partial charge in [0.15, 0.2) is 0 Å². The largest absolute Gasteiger partial charge is 0.326 e. The maximum Gasteiger partial charge on any atom is 0.221 e. The van der Waals surface area contributed by atoms with E-state index >= 15 is 0 Å². The average molecular weight is 296 g/mol. The van der Waals surface area contributed by atoms with E-state index in [1.807, 2.05) is 18.2 Å². The zero-order chi connectivity index (χ0) is 16.1. The molecule has 0 heterocycles. The number of benzene rings is 2. The molecular formula is C19H24N2O. The second kappa shape index (κ2) is 7.23. The van der Waals surface area contributed by atoms with Crippen LogP contribution in [0.3, 0.4) is 0 Å². The van der Waals surface area contributed by atoms with Gasteiger partial charge in [0.2, 0.25) is 5.91 Å². The van der Waals surface area contributed by atoms with E-state index in [9.17, 15) is 4.79 Å². The summed E-state index contributed by atoms with van der Waals surface area (Å²) in [5.41, 5.74) is 5.92. The molecule has 22 heavy (non-hydrogen) atoms. The molecule has 116 valence electrons. The average Bonchev–Trinajstić information content (AvgIpc) is 2.45. The first-order valence-electron chi connectivity index (χ1n) is 7.63. The maximum absolute atomic E-state index is 11.1. The highest BCUT2D eigenvalue weighted by Gasteiger charge is 2.07. The summed E-state index contributed by atoms with van der Waals surface area (Å²) in [4.78, 5) is 11.1. The Balaban J connectivity index is 2.02. The number of hydrogen-bond acceptors (Lipinski definition) is 2. The van der Waals surface area contributed by atoms with Crippen molar-refractivity contribution in [2.45, 2.75) is 40.3 Å². The third kappa shape index (κ3) is 4.43. The second-order valence-electron chi connectivity index (χ2n) is 5.84. The van der Waals surface area contributed by atoms with Crippen LogP contribution < -0.4 is 10.6 Å². The second-order valence-corrected chi connectivity index (χ2v) is 5.84. The van der Waals surface area contributed by atoms with E-state index in [2.05, 4.69) is 55.7 Å². The van der Waals surface area contributed by atoms with Crippen LogP contribution in [-0.2, 0) is 11.3 Å². The van der Waals surface area contributed by atoms with Gasteiger partial charge in [-0.2, -0.15) is 0 Å². The fraction of sp³-hybridized carbons (Fsp3) is 0.316. The Hall–Kier alpha value is -2.13. The first-order valence-corrected chi connectivity index (χ1v) is 7.63. The number of amides is 1. The van der Waals surface area contributed by atoms with Gasteiger partial charge in [-0.3, -0.25) is 4.79 Å². The van der Waals surface area contributed by atoms with Gasteiger partial charge in [0, 0.05) is 25.2 Å². The number of anilines is 1. The molecule has 2 aromatic rings. The van der Waals surface area contributed by atoms with Crippen LogP contribution in [-0.4, -0.2) is 5.91 Å². The predicted molar refractivity (Wildman–Crippen MR) is 91.9 cm³/mol. The molecule has 0 aliphatic rings. The molecule has 0 radical (unpaired) electrons.